The van der Waals surface area contributed by atoms with Crippen LogP contribution in [0.25, 0.3) is 0 Å². The van der Waals surface area contributed by atoms with Crippen LogP contribution in [0.2, 0.25) is 0 Å². The van der Waals surface area contributed by atoms with Crippen LogP contribution in [0, 0.1) is 11.7 Å². The van der Waals surface area contributed by atoms with Gasteiger partial charge >= 0.3 is 0 Å². The molecule has 0 aliphatic carbocycles. The van der Waals surface area contributed by atoms with Crippen LogP contribution in [0.3, 0.4) is 0 Å². The Kier molecular flexibility index (Phi) is 4.97. The van der Waals surface area contributed by atoms with Gasteiger partial charge in [0.15, 0.2) is 11.6 Å². The molecular weight excluding hydrogens is 265 g/mol. The fourth-order valence-electron chi connectivity index (χ4n) is 2.45. The van der Waals surface area contributed by atoms with Gasteiger partial charge in [0.25, 0.3) is 0 Å². The Balaban J connectivity index is 2.29. The number of methoxy groups -OCH3 is 1. The van der Waals surface area contributed by atoms with E-state index in [2.05, 4.69) is 26.0 Å². The molecule has 1 atom stereocenters. The van der Waals surface area contributed by atoms with Crippen molar-refractivity contribution in [1.82, 2.24) is 0 Å². The molecule has 2 aromatic rings. The highest BCUT2D eigenvalue weighted by Crippen LogP contribution is 2.26. The second-order valence-electron chi connectivity index (χ2n) is 5.71. The lowest BCUT2D eigenvalue weighted by molar-refractivity contribution is 0.385. The highest BCUT2D eigenvalue weighted by molar-refractivity contribution is 5.38. The molecule has 112 valence electrons. The summed E-state index contributed by atoms with van der Waals surface area (Å²) in [7, 11) is 1.46. The van der Waals surface area contributed by atoms with E-state index < -0.39 is 0 Å². The summed E-state index contributed by atoms with van der Waals surface area (Å²) in [5.74, 6) is 0.450. The lowest BCUT2D eigenvalue weighted by Gasteiger charge is -2.15. The summed E-state index contributed by atoms with van der Waals surface area (Å²) in [6, 6.07) is 12.7. The SMILES string of the molecule is COc1cc(C(N)c2cccc(CC(C)C)c2)ccc1F. The summed E-state index contributed by atoms with van der Waals surface area (Å²) in [5.41, 5.74) is 9.45. The number of hydrogen-bond donors (Lipinski definition) is 1. The van der Waals surface area contributed by atoms with Crippen molar-refractivity contribution in [2.24, 2.45) is 11.7 Å². The first-order valence-electron chi connectivity index (χ1n) is 7.19. The molecule has 1 unspecified atom stereocenters. The predicted molar refractivity (Wildman–Crippen MR) is 84.0 cm³/mol. The molecule has 0 saturated carbocycles. The molecule has 0 amide bonds. The first kappa shape index (κ1) is 15.5. The molecule has 0 aromatic heterocycles. The number of halogens is 1. The second-order valence-corrected chi connectivity index (χ2v) is 5.71. The van der Waals surface area contributed by atoms with Crippen LogP contribution in [-0.4, -0.2) is 7.11 Å². The normalized spacial score (nSPS) is 12.5. The zero-order valence-electron chi connectivity index (χ0n) is 12.8. The average Bonchev–Trinajstić information content (AvgIpc) is 2.46. The van der Waals surface area contributed by atoms with Gasteiger partial charge in [0.2, 0.25) is 0 Å². The standard InChI is InChI=1S/C18H22FNO/c1-12(2)9-13-5-4-6-14(10-13)18(20)15-7-8-16(19)17(11-15)21-3/h4-8,10-12,18H,9,20H2,1-3H3. The molecule has 0 radical (unpaired) electrons. The van der Waals surface area contributed by atoms with Crippen LogP contribution in [0.4, 0.5) is 4.39 Å². The molecule has 0 spiro atoms. The van der Waals surface area contributed by atoms with E-state index in [9.17, 15) is 4.39 Å². The Morgan fingerprint density at radius 3 is 2.48 bits per heavy atom. The van der Waals surface area contributed by atoms with Gasteiger partial charge in [-0.25, -0.2) is 4.39 Å². The Labute approximate surface area is 125 Å². The summed E-state index contributed by atoms with van der Waals surface area (Å²) >= 11 is 0. The third-order valence-corrected chi connectivity index (χ3v) is 3.49. The van der Waals surface area contributed by atoms with E-state index in [0.717, 1.165) is 17.5 Å². The topological polar surface area (TPSA) is 35.2 Å². The summed E-state index contributed by atoms with van der Waals surface area (Å²) in [4.78, 5) is 0. The fraction of sp³-hybridized carbons (Fsp3) is 0.333. The van der Waals surface area contributed by atoms with E-state index in [-0.39, 0.29) is 17.6 Å². The Hall–Kier alpha value is -1.87. The van der Waals surface area contributed by atoms with Crippen molar-refractivity contribution in [1.29, 1.82) is 0 Å². The Bertz CT molecular complexity index is 610. The molecule has 2 aromatic carbocycles. The van der Waals surface area contributed by atoms with Crippen molar-refractivity contribution in [3.05, 3.63) is 65.0 Å². The van der Waals surface area contributed by atoms with Crippen molar-refractivity contribution >= 4 is 0 Å². The quantitative estimate of drug-likeness (QED) is 0.899. The Morgan fingerprint density at radius 1 is 1.10 bits per heavy atom. The van der Waals surface area contributed by atoms with Crippen LogP contribution in [0.5, 0.6) is 5.75 Å². The van der Waals surface area contributed by atoms with Gasteiger partial charge < -0.3 is 10.5 Å². The van der Waals surface area contributed by atoms with Crippen LogP contribution in [0.1, 0.15) is 36.6 Å². The zero-order chi connectivity index (χ0) is 15.4. The molecule has 0 fully saturated rings. The van der Waals surface area contributed by atoms with E-state index in [1.54, 1.807) is 12.1 Å². The molecule has 2 rings (SSSR count). The first-order chi connectivity index (χ1) is 10.0. The monoisotopic (exact) mass is 287 g/mol. The van der Waals surface area contributed by atoms with Gasteiger partial charge in [-0.05, 0) is 41.2 Å². The highest BCUT2D eigenvalue weighted by atomic mass is 19.1. The molecular formula is C18H22FNO. The molecule has 2 N–H and O–H groups in total. The first-order valence-corrected chi connectivity index (χ1v) is 7.19. The number of rotatable bonds is 5. The van der Waals surface area contributed by atoms with Crippen molar-refractivity contribution in [2.75, 3.05) is 7.11 Å². The summed E-state index contributed by atoms with van der Waals surface area (Å²) in [6.07, 6.45) is 1.02. The molecule has 21 heavy (non-hydrogen) atoms. The minimum atomic E-state index is -0.373. The predicted octanol–water partition coefficient (Wildman–Crippen LogP) is 4.08. The van der Waals surface area contributed by atoms with Gasteiger partial charge in [0.05, 0.1) is 13.2 Å². The molecule has 2 nitrogen and oxygen atoms in total. The number of nitrogens with two attached hydrogens (primary N) is 1. The average molecular weight is 287 g/mol. The molecule has 0 saturated heterocycles. The molecule has 0 heterocycles. The van der Waals surface area contributed by atoms with E-state index in [1.165, 1.54) is 18.7 Å². The third-order valence-electron chi connectivity index (χ3n) is 3.49. The van der Waals surface area contributed by atoms with Gasteiger partial charge in [-0.3, -0.25) is 0 Å². The van der Waals surface area contributed by atoms with Crippen molar-refractivity contribution < 1.29 is 9.13 Å². The Morgan fingerprint density at radius 2 is 1.81 bits per heavy atom. The van der Waals surface area contributed by atoms with E-state index >= 15 is 0 Å². The smallest absolute Gasteiger partial charge is 0.165 e. The minimum Gasteiger partial charge on any atom is -0.494 e. The van der Waals surface area contributed by atoms with E-state index in [0.29, 0.717) is 5.92 Å². The van der Waals surface area contributed by atoms with Crippen molar-refractivity contribution in [3.63, 3.8) is 0 Å². The molecule has 0 aliphatic rings. The van der Waals surface area contributed by atoms with Gasteiger partial charge in [-0.15, -0.1) is 0 Å². The number of benzene rings is 2. The van der Waals surface area contributed by atoms with Gasteiger partial charge in [0, 0.05) is 0 Å². The molecule has 0 aliphatic heterocycles. The summed E-state index contributed by atoms with van der Waals surface area (Å²) in [6.45, 7) is 4.38. The highest BCUT2D eigenvalue weighted by Gasteiger charge is 2.12. The lowest BCUT2D eigenvalue weighted by atomic mass is 9.95. The van der Waals surface area contributed by atoms with Crippen LogP contribution < -0.4 is 10.5 Å². The summed E-state index contributed by atoms with van der Waals surface area (Å²) in [5, 5.41) is 0. The maximum absolute atomic E-state index is 13.5. The number of hydrogen-bond acceptors (Lipinski definition) is 2. The number of ether oxygens (including phenoxy) is 1. The van der Waals surface area contributed by atoms with Gasteiger partial charge in [0.1, 0.15) is 0 Å². The largest absolute Gasteiger partial charge is 0.494 e. The summed E-state index contributed by atoms with van der Waals surface area (Å²) < 4.78 is 18.5. The lowest BCUT2D eigenvalue weighted by Crippen LogP contribution is -2.12. The van der Waals surface area contributed by atoms with Crippen LogP contribution in [-0.2, 0) is 6.42 Å². The minimum absolute atomic E-state index is 0.223. The third kappa shape index (κ3) is 3.82. The van der Waals surface area contributed by atoms with E-state index in [1.807, 2.05) is 12.1 Å². The molecule has 3 heteroatoms. The van der Waals surface area contributed by atoms with Crippen LogP contribution >= 0.6 is 0 Å². The van der Waals surface area contributed by atoms with Crippen molar-refractivity contribution in [2.45, 2.75) is 26.3 Å². The van der Waals surface area contributed by atoms with Gasteiger partial charge in [-0.2, -0.15) is 0 Å². The fourth-order valence-corrected chi connectivity index (χ4v) is 2.45. The van der Waals surface area contributed by atoms with E-state index in [4.69, 9.17) is 10.5 Å². The van der Waals surface area contributed by atoms with Crippen LogP contribution in [0.15, 0.2) is 42.5 Å². The zero-order valence-corrected chi connectivity index (χ0v) is 12.8. The molecule has 0 bridgehead atoms. The van der Waals surface area contributed by atoms with Crippen molar-refractivity contribution in [3.8, 4) is 5.75 Å². The van der Waals surface area contributed by atoms with Gasteiger partial charge in [-0.1, -0.05) is 44.2 Å². The second kappa shape index (κ2) is 6.72. The maximum Gasteiger partial charge on any atom is 0.165 e. The maximum atomic E-state index is 13.5.